The molecule has 2 amide bonds. The van der Waals surface area contributed by atoms with Crippen molar-refractivity contribution in [1.82, 2.24) is 4.98 Å². The lowest BCUT2D eigenvalue weighted by Crippen LogP contribution is -2.27. The lowest BCUT2D eigenvalue weighted by molar-refractivity contribution is 0.0635. The zero-order valence-electron chi connectivity index (χ0n) is 17.1. The quantitative estimate of drug-likeness (QED) is 0.334. The van der Waals surface area contributed by atoms with Crippen LogP contribution in [0.15, 0.2) is 54.0 Å². The monoisotopic (exact) mass is 504 g/mol. The maximum absolute atomic E-state index is 12.6. The fourth-order valence-electron chi connectivity index (χ4n) is 2.44. The molecule has 0 aliphatic rings. The summed E-state index contributed by atoms with van der Waals surface area (Å²) in [7, 11) is 0. The van der Waals surface area contributed by atoms with E-state index in [4.69, 9.17) is 15.2 Å². The number of halogens is 1. The Morgan fingerprint density at radius 3 is 2.45 bits per heavy atom. The first kappa shape index (κ1) is 22.6. The number of anilines is 3. The predicted octanol–water partition coefficient (Wildman–Crippen LogP) is 5.82. The molecule has 0 fully saturated rings. The molecule has 0 radical (unpaired) electrons. The van der Waals surface area contributed by atoms with E-state index in [9.17, 15) is 9.59 Å². The third-order valence-electron chi connectivity index (χ3n) is 3.75. The summed E-state index contributed by atoms with van der Waals surface area (Å²) in [5, 5.41) is 4.94. The molecule has 0 aliphatic heterocycles. The lowest BCUT2D eigenvalue weighted by Gasteiger charge is -2.19. The molecule has 0 bridgehead atoms. The molecule has 1 aromatic heterocycles. The average Bonchev–Trinajstić information content (AvgIpc) is 3.23. The molecule has 2 aromatic carbocycles. The number of carbonyl (C=O) groups excluding carboxylic acids is 2. The summed E-state index contributed by atoms with van der Waals surface area (Å²) in [4.78, 5) is 28.5. The number of thiazole rings is 1. The second kappa shape index (κ2) is 9.36. The van der Waals surface area contributed by atoms with Crippen LogP contribution in [0.4, 0.5) is 21.3 Å². The smallest absolute Gasteiger partial charge is 0.412 e. The van der Waals surface area contributed by atoms with Gasteiger partial charge in [-0.05, 0) is 63.2 Å². The van der Waals surface area contributed by atoms with Gasteiger partial charge in [0.05, 0.1) is 21.8 Å². The highest BCUT2D eigenvalue weighted by Crippen LogP contribution is 2.31. The summed E-state index contributed by atoms with van der Waals surface area (Å²) in [6.45, 7) is 5.38. The SMILES string of the molecule is CC(C)(C)OC(=O)Nc1ccc(Oc2ccc(C(=O)N(Br)c3nccs3)cc2N)cc1. The molecule has 1 heterocycles. The van der Waals surface area contributed by atoms with Gasteiger partial charge in [0.1, 0.15) is 17.1 Å². The van der Waals surface area contributed by atoms with Crippen LogP contribution in [-0.4, -0.2) is 22.6 Å². The molecule has 0 saturated heterocycles. The topological polar surface area (TPSA) is 107 Å². The molecule has 31 heavy (non-hydrogen) atoms. The van der Waals surface area contributed by atoms with E-state index in [0.29, 0.717) is 33.6 Å². The van der Waals surface area contributed by atoms with Crippen LogP contribution in [0.3, 0.4) is 0 Å². The van der Waals surface area contributed by atoms with E-state index < -0.39 is 11.7 Å². The van der Waals surface area contributed by atoms with Crippen LogP contribution in [0.1, 0.15) is 31.1 Å². The fraction of sp³-hybridized carbons (Fsp3) is 0.190. The van der Waals surface area contributed by atoms with Gasteiger partial charge in [0, 0.05) is 22.8 Å². The van der Waals surface area contributed by atoms with Crippen molar-refractivity contribution in [2.45, 2.75) is 26.4 Å². The van der Waals surface area contributed by atoms with E-state index in [1.807, 2.05) is 0 Å². The summed E-state index contributed by atoms with van der Waals surface area (Å²) < 4.78 is 12.3. The Kier molecular flexibility index (Phi) is 6.81. The molecular formula is C21H21BrN4O4S. The Hall–Kier alpha value is -3.11. The number of benzene rings is 2. The largest absolute Gasteiger partial charge is 0.455 e. The highest BCUT2D eigenvalue weighted by molar-refractivity contribution is 9.10. The highest BCUT2D eigenvalue weighted by atomic mass is 79.9. The zero-order chi connectivity index (χ0) is 22.6. The molecule has 3 rings (SSSR count). The second-order valence-electron chi connectivity index (χ2n) is 7.41. The molecule has 0 unspecified atom stereocenters. The van der Waals surface area contributed by atoms with Crippen LogP contribution >= 0.6 is 27.5 Å². The van der Waals surface area contributed by atoms with Crippen molar-refractivity contribution in [2.75, 3.05) is 15.0 Å². The van der Waals surface area contributed by atoms with Crippen molar-refractivity contribution in [3.63, 3.8) is 0 Å². The van der Waals surface area contributed by atoms with E-state index in [0.717, 1.165) is 0 Å². The minimum atomic E-state index is -0.579. The normalized spacial score (nSPS) is 11.0. The summed E-state index contributed by atoms with van der Waals surface area (Å²) in [5.74, 6) is 0.621. The van der Waals surface area contributed by atoms with Crippen molar-refractivity contribution >= 4 is 56.0 Å². The van der Waals surface area contributed by atoms with Crippen LogP contribution in [0, 0.1) is 0 Å². The molecule has 0 atom stereocenters. The summed E-state index contributed by atoms with van der Waals surface area (Å²) in [6, 6.07) is 11.5. The molecule has 3 aromatic rings. The number of nitrogen functional groups attached to an aromatic ring is 1. The second-order valence-corrected chi connectivity index (χ2v) is 8.99. The van der Waals surface area contributed by atoms with Crippen LogP contribution in [0.25, 0.3) is 0 Å². The van der Waals surface area contributed by atoms with Crippen molar-refractivity contribution in [3.8, 4) is 11.5 Å². The van der Waals surface area contributed by atoms with Crippen LogP contribution in [0.5, 0.6) is 11.5 Å². The number of rotatable bonds is 5. The number of aromatic nitrogens is 1. The number of hydrogen-bond donors (Lipinski definition) is 2. The van der Waals surface area contributed by atoms with Crippen molar-refractivity contribution in [3.05, 3.63) is 59.6 Å². The summed E-state index contributed by atoms with van der Waals surface area (Å²) in [6.07, 6.45) is 1.07. The van der Waals surface area contributed by atoms with Crippen molar-refractivity contribution < 1.29 is 19.1 Å². The number of nitrogens with one attached hydrogen (secondary N) is 1. The Morgan fingerprint density at radius 1 is 1.16 bits per heavy atom. The summed E-state index contributed by atoms with van der Waals surface area (Å²) >= 11 is 4.55. The zero-order valence-corrected chi connectivity index (χ0v) is 19.5. The van der Waals surface area contributed by atoms with Gasteiger partial charge in [0.25, 0.3) is 5.91 Å². The standard InChI is InChI=1S/C21H21BrN4O4S/c1-21(2,3)30-20(28)25-14-5-7-15(8-6-14)29-17-9-4-13(12-16(17)23)18(27)26(22)19-24-10-11-31-19/h4-12H,23H2,1-3H3,(H,25,28). The van der Waals surface area contributed by atoms with E-state index in [1.165, 1.54) is 21.3 Å². The molecular weight excluding hydrogens is 484 g/mol. The van der Waals surface area contributed by atoms with Gasteiger partial charge in [-0.1, -0.05) is 0 Å². The molecule has 3 N–H and O–H groups in total. The summed E-state index contributed by atoms with van der Waals surface area (Å²) in [5.41, 5.74) is 6.76. The molecule has 0 spiro atoms. The molecule has 0 saturated carbocycles. The molecule has 162 valence electrons. The predicted molar refractivity (Wildman–Crippen MR) is 125 cm³/mol. The Bertz CT molecular complexity index is 1070. The number of carbonyl (C=O) groups is 2. The van der Waals surface area contributed by atoms with Crippen LogP contribution in [-0.2, 0) is 4.74 Å². The van der Waals surface area contributed by atoms with Crippen molar-refractivity contribution in [1.29, 1.82) is 0 Å². The third-order valence-corrected chi connectivity index (χ3v) is 5.40. The molecule has 10 heteroatoms. The Morgan fingerprint density at radius 2 is 1.87 bits per heavy atom. The maximum atomic E-state index is 12.6. The Balaban J connectivity index is 1.65. The van der Waals surface area contributed by atoms with E-state index in [-0.39, 0.29) is 5.91 Å². The van der Waals surface area contributed by atoms with Gasteiger partial charge in [-0.15, -0.1) is 11.3 Å². The van der Waals surface area contributed by atoms with Gasteiger partial charge in [0.15, 0.2) is 0 Å². The van der Waals surface area contributed by atoms with Crippen LogP contribution < -0.4 is 19.7 Å². The van der Waals surface area contributed by atoms with Gasteiger partial charge in [-0.25, -0.2) is 13.7 Å². The van der Waals surface area contributed by atoms with Gasteiger partial charge in [-0.3, -0.25) is 10.1 Å². The fourth-order valence-corrected chi connectivity index (χ4v) is 3.53. The van der Waals surface area contributed by atoms with Gasteiger partial charge < -0.3 is 15.2 Å². The van der Waals surface area contributed by atoms with Gasteiger partial charge in [-0.2, -0.15) is 0 Å². The first-order chi connectivity index (χ1) is 14.6. The minimum Gasteiger partial charge on any atom is -0.455 e. The number of hydrogen-bond acceptors (Lipinski definition) is 7. The first-order valence-corrected chi connectivity index (χ1v) is 10.8. The molecule has 0 aliphatic carbocycles. The highest BCUT2D eigenvalue weighted by Gasteiger charge is 2.19. The van der Waals surface area contributed by atoms with Gasteiger partial charge in [0.2, 0.25) is 5.13 Å². The first-order valence-electron chi connectivity index (χ1n) is 9.19. The third kappa shape index (κ3) is 6.19. The van der Waals surface area contributed by atoms with E-state index >= 15 is 0 Å². The van der Waals surface area contributed by atoms with Crippen LogP contribution in [0.2, 0.25) is 0 Å². The minimum absolute atomic E-state index is 0.300. The average molecular weight is 505 g/mol. The van der Waals surface area contributed by atoms with E-state index in [1.54, 1.807) is 68.7 Å². The van der Waals surface area contributed by atoms with Crippen molar-refractivity contribution in [2.24, 2.45) is 0 Å². The maximum Gasteiger partial charge on any atom is 0.412 e. The number of nitrogens with zero attached hydrogens (tertiary/aromatic N) is 2. The van der Waals surface area contributed by atoms with E-state index in [2.05, 4.69) is 26.4 Å². The Labute approximate surface area is 192 Å². The lowest BCUT2D eigenvalue weighted by atomic mass is 10.1. The van der Waals surface area contributed by atoms with Gasteiger partial charge >= 0.3 is 6.09 Å². The number of ether oxygens (including phenoxy) is 2. The number of amides is 2. The molecule has 8 nitrogen and oxygen atoms in total. The number of nitrogens with two attached hydrogens (primary N) is 1.